The predicted octanol–water partition coefficient (Wildman–Crippen LogP) is 2.32. The maximum atomic E-state index is 11.9. The molecule has 3 aliphatic rings. The predicted molar refractivity (Wildman–Crippen MR) is 69.0 cm³/mol. The minimum atomic E-state index is -0.170. The molecular weight excluding hydrogens is 242 g/mol. The molecule has 1 saturated carbocycles. The smallest absolute Gasteiger partial charge is 0.231 e. The molecule has 1 aliphatic carbocycles. The summed E-state index contributed by atoms with van der Waals surface area (Å²) in [5, 5.41) is 3.24. The number of hydrogen-bond acceptors (Lipinski definition) is 3. The van der Waals surface area contributed by atoms with Crippen LogP contribution in [0.4, 0.5) is 0 Å². The first-order valence-electron chi connectivity index (χ1n) is 6.99. The number of amides is 1. The third-order valence-electron chi connectivity index (χ3n) is 4.75. The van der Waals surface area contributed by atoms with Crippen molar-refractivity contribution in [2.24, 2.45) is 5.92 Å². The largest absolute Gasteiger partial charge is 0.454 e. The first-order valence-corrected chi connectivity index (χ1v) is 6.99. The zero-order chi connectivity index (χ0) is 12.9. The molecule has 19 heavy (non-hydrogen) atoms. The molecule has 2 heterocycles. The molecule has 2 fully saturated rings. The Morgan fingerprint density at radius 1 is 1.21 bits per heavy atom. The van der Waals surface area contributed by atoms with Crippen molar-refractivity contribution < 1.29 is 14.3 Å². The molecule has 0 unspecified atom stereocenters. The van der Waals surface area contributed by atoms with Crippen molar-refractivity contribution in [3.63, 3.8) is 0 Å². The highest BCUT2D eigenvalue weighted by atomic mass is 16.7. The highest BCUT2D eigenvalue weighted by Gasteiger charge is 2.49. The van der Waals surface area contributed by atoms with E-state index in [1.807, 2.05) is 12.1 Å². The van der Waals surface area contributed by atoms with Gasteiger partial charge in [-0.1, -0.05) is 18.9 Å². The minimum absolute atomic E-state index is 0.170. The van der Waals surface area contributed by atoms with Crippen LogP contribution in [0.1, 0.15) is 37.7 Å². The number of hydrogen-bond donors (Lipinski definition) is 1. The summed E-state index contributed by atoms with van der Waals surface area (Å²) in [6, 6.07) is 6.09. The Hall–Kier alpha value is -1.71. The molecule has 1 aromatic carbocycles. The van der Waals surface area contributed by atoms with Crippen LogP contribution >= 0.6 is 0 Å². The quantitative estimate of drug-likeness (QED) is 0.842. The van der Waals surface area contributed by atoms with E-state index in [4.69, 9.17) is 9.47 Å². The highest BCUT2D eigenvalue weighted by molar-refractivity contribution is 5.80. The number of rotatable bonds is 1. The van der Waals surface area contributed by atoms with E-state index in [2.05, 4.69) is 11.4 Å². The van der Waals surface area contributed by atoms with Gasteiger partial charge >= 0.3 is 0 Å². The monoisotopic (exact) mass is 259 g/mol. The van der Waals surface area contributed by atoms with Crippen molar-refractivity contribution in [2.75, 3.05) is 6.79 Å². The lowest BCUT2D eigenvalue weighted by Gasteiger charge is -2.39. The molecule has 4 nitrogen and oxygen atoms in total. The molecule has 4 rings (SSSR count). The van der Waals surface area contributed by atoms with E-state index in [0.717, 1.165) is 24.3 Å². The number of carbonyl (C=O) groups excluding carboxylic acids is 1. The molecule has 0 aromatic heterocycles. The Morgan fingerprint density at radius 2 is 2.11 bits per heavy atom. The standard InChI is InChI=1S/C15H17NO3/c17-14-8-10-3-1-2-6-15(10,16-14)11-4-5-12-13(7-11)19-9-18-12/h4-5,7,10H,1-3,6,8-9H2,(H,16,17)/t10-,15-/m0/s1. The van der Waals surface area contributed by atoms with Crippen molar-refractivity contribution in [2.45, 2.75) is 37.6 Å². The molecular formula is C15H17NO3. The summed E-state index contributed by atoms with van der Waals surface area (Å²) in [7, 11) is 0. The molecule has 2 aliphatic heterocycles. The van der Waals surface area contributed by atoms with Crippen LogP contribution in [0.5, 0.6) is 11.5 Å². The molecule has 1 amide bonds. The van der Waals surface area contributed by atoms with Gasteiger partial charge in [0.2, 0.25) is 12.7 Å². The molecule has 0 bridgehead atoms. The van der Waals surface area contributed by atoms with Gasteiger partial charge in [0.15, 0.2) is 11.5 Å². The highest BCUT2D eigenvalue weighted by Crippen LogP contribution is 2.48. The molecule has 100 valence electrons. The zero-order valence-corrected chi connectivity index (χ0v) is 10.8. The lowest BCUT2D eigenvalue weighted by atomic mass is 9.70. The fourth-order valence-corrected chi connectivity index (χ4v) is 3.84. The Balaban J connectivity index is 1.78. The summed E-state index contributed by atoms with van der Waals surface area (Å²) in [4.78, 5) is 11.9. The maximum absolute atomic E-state index is 11.9. The van der Waals surface area contributed by atoms with E-state index >= 15 is 0 Å². The van der Waals surface area contributed by atoms with Crippen molar-refractivity contribution in [1.82, 2.24) is 5.32 Å². The van der Waals surface area contributed by atoms with Crippen LogP contribution in [0.25, 0.3) is 0 Å². The van der Waals surface area contributed by atoms with Gasteiger partial charge in [0, 0.05) is 6.42 Å². The van der Waals surface area contributed by atoms with Crippen LogP contribution in [-0.4, -0.2) is 12.7 Å². The van der Waals surface area contributed by atoms with Crippen molar-refractivity contribution >= 4 is 5.91 Å². The van der Waals surface area contributed by atoms with E-state index < -0.39 is 0 Å². The lowest BCUT2D eigenvalue weighted by Crippen LogP contribution is -2.44. The Labute approximate surface area is 112 Å². The van der Waals surface area contributed by atoms with Crippen LogP contribution in [0.15, 0.2) is 18.2 Å². The summed E-state index contributed by atoms with van der Waals surface area (Å²) in [5.74, 6) is 2.22. The number of nitrogens with one attached hydrogen (secondary N) is 1. The van der Waals surface area contributed by atoms with Crippen LogP contribution in [0.2, 0.25) is 0 Å². The van der Waals surface area contributed by atoms with Crippen LogP contribution < -0.4 is 14.8 Å². The topological polar surface area (TPSA) is 47.6 Å². The minimum Gasteiger partial charge on any atom is -0.454 e. The Morgan fingerprint density at radius 3 is 3.05 bits per heavy atom. The van der Waals surface area contributed by atoms with Crippen molar-refractivity contribution in [1.29, 1.82) is 0 Å². The zero-order valence-electron chi connectivity index (χ0n) is 10.8. The summed E-state index contributed by atoms with van der Waals surface area (Å²) in [5.41, 5.74) is 1.00. The molecule has 0 spiro atoms. The summed E-state index contributed by atoms with van der Waals surface area (Å²) < 4.78 is 10.8. The van der Waals surface area contributed by atoms with Gasteiger partial charge in [-0.2, -0.15) is 0 Å². The first-order chi connectivity index (χ1) is 9.28. The van der Waals surface area contributed by atoms with Crippen molar-refractivity contribution in [3.05, 3.63) is 23.8 Å². The van der Waals surface area contributed by atoms with E-state index in [-0.39, 0.29) is 11.4 Å². The summed E-state index contributed by atoms with van der Waals surface area (Å²) >= 11 is 0. The second-order valence-electron chi connectivity index (χ2n) is 5.73. The number of ether oxygens (including phenoxy) is 2. The van der Waals surface area contributed by atoms with Gasteiger partial charge in [-0.25, -0.2) is 0 Å². The third-order valence-corrected chi connectivity index (χ3v) is 4.75. The van der Waals surface area contributed by atoms with Gasteiger partial charge in [-0.3, -0.25) is 4.79 Å². The third kappa shape index (κ3) is 1.55. The summed E-state index contributed by atoms with van der Waals surface area (Å²) in [6.07, 6.45) is 5.22. The summed E-state index contributed by atoms with van der Waals surface area (Å²) in [6.45, 7) is 0.293. The molecule has 4 heteroatoms. The second kappa shape index (κ2) is 3.89. The molecule has 1 N–H and O–H groups in total. The SMILES string of the molecule is O=C1C[C@@H]2CCCC[C@]2(c2ccc3c(c2)OCO3)N1. The van der Waals surface area contributed by atoms with Gasteiger partial charge in [-0.05, 0) is 36.5 Å². The fraction of sp³-hybridized carbons (Fsp3) is 0.533. The van der Waals surface area contributed by atoms with Crippen LogP contribution in [-0.2, 0) is 10.3 Å². The molecule has 1 saturated heterocycles. The number of fused-ring (bicyclic) bond motifs is 2. The van der Waals surface area contributed by atoms with E-state index in [1.54, 1.807) is 0 Å². The average Bonchev–Trinajstić information content (AvgIpc) is 3.00. The Kier molecular flexibility index (Phi) is 2.28. The van der Waals surface area contributed by atoms with Gasteiger partial charge in [0.05, 0.1) is 5.54 Å². The van der Waals surface area contributed by atoms with E-state index in [9.17, 15) is 4.79 Å². The molecule has 0 radical (unpaired) electrons. The first kappa shape index (κ1) is 11.1. The Bertz CT molecular complexity index is 542. The normalized spacial score (nSPS) is 32.0. The molecule has 1 aromatic rings. The van der Waals surface area contributed by atoms with Gasteiger partial charge in [-0.15, -0.1) is 0 Å². The number of carbonyl (C=O) groups is 1. The van der Waals surface area contributed by atoms with Crippen LogP contribution in [0.3, 0.4) is 0 Å². The lowest BCUT2D eigenvalue weighted by molar-refractivity contribution is -0.119. The maximum Gasteiger partial charge on any atom is 0.231 e. The number of benzene rings is 1. The van der Waals surface area contributed by atoms with Gasteiger partial charge in [0.25, 0.3) is 0 Å². The van der Waals surface area contributed by atoms with E-state index in [1.165, 1.54) is 18.4 Å². The van der Waals surface area contributed by atoms with Gasteiger partial charge < -0.3 is 14.8 Å². The van der Waals surface area contributed by atoms with E-state index in [0.29, 0.717) is 19.1 Å². The fourth-order valence-electron chi connectivity index (χ4n) is 3.84. The van der Waals surface area contributed by atoms with Gasteiger partial charge in [0.1, 0.15) is 0 Å². The van der Waals surface area contributed by atoms with Crippen LogP contribution in [0, 0.1) is 5.92 Å². The average molecular weight is 259 g/mol. The second-order valence-corrected chi connectivity index (χ2v) is 5.73. The molecule has 2 atom stereocenters. The van der Waals surface area contributed by atoms with Crippen molar-refractivity contribution in [3.8, 4) is 11.5 Å².